The average molecular weight is 500 g/mol. The molecule has 6 heteroatoms. The highest BCUT2D eigenvalue weighted by atomic mass is 16.6. The van der Waals surface area contributed by atoms with E-state index in [1.54, 1.807) is 4.90 Å². The van der Waals surface area contributed by atoms with Crippen LogP contribution >= 0.6 is 0 Å². The molecular weight excluding hydrogens is 462 g/mol. The van der Waals surface area contributed by atoms with Gasteiger partial charge < -0.3 is 14.8 Å². The molecule has 1 spiro atoms. The highest BCUT2D eigenvalue weighted by Crippen LogP contribution is 2.55. The zero-order chi connectivity index (χ0) is 25.8. The molecule has 0 radical (unpaired) electrons. The van der Waals surface area contributed by atoms with Gasteiger partial charge >= 0.3 is 6.09 Å². The van der Waals surface area contributed by atoms with E-state index in [2.05, 4.69) is 40.3 Å². The highest BCUT2D eigenvalue weighted by molar-refractivity contribution is 5.75. The van der Waals surface area contributed by atoms with Gasteiger partial charge in [-0.25, -0.2) is 9.78 Å². The summed E-state index contributed by atoms with van der Waals surface area (Å²) in [4.78, 5) is 22.6. The fraction of sp³-hybridized carbons (Fsp3) is 0.484. The lowest BCUT2D eigenvalue weighted by Crippen LogP contribution is -2.36. The Balaban J connectivity index is 1.23. The first-order valence-electron chi connectivity index (χ1n) is 13.7. The van der Waals surface area contributed by atoms with Gasteiger partial charge in [-0.05, 0) is 93.0 Å². The van der Waals surface area contributed by atoms with Crippen LogP contribution in [-0.2, 0) is 16.6 Å². The fourth-order valence-corrected chi connectivity index (χ4v) is 6.87. The van der Waals surface area contributed by atoms with Gasteiger partial charge in [-0.2, -0.15) is 0 Å². The standard InChI is InChI=1S/C31H37N3O3/c1-30(2,3)37-29(36)34-18-6-7-25(34)28-32-19-24(33-28)21-10-8-20(9-11-21)22-12-13-26(35)27-23(22)14-17-31(27)15-4-5-16-31/h8-13,19,25,35H,4-7,14-18H2,1-3H3,(H,32,33)/t25-/m0/s1. The number of likely N-dealkylation sites (tertiary alicyclic amines) is 1. The van der Waals surface area contributed by atoms with E-state index in [4.69, 9.17) is 4.74 Å². The number of aromatic hydroxyl groups is 1. The molecule has 1 saturated carbocycles. The van der Waals surface area contributed by atoms with Crippen molar-refractivity contribution < 1.29 is 14.6 Å². The van der Waals surface area contributed by atoms with Crippen LogP contribution < -0.4 is 0 Å². The van der Waals surface area contributed by atoms with E-state index in [9.17, 15) is 9.90 Å². The van der Waals surface area contributed by atoms with Crippen molar-refractivity contribution >= 4 is 6.09 Å². The fourth-order valence-electron chi connectivity index (χ4n) is 6.87. The van der Waals surface area contributed by atoms with E-state index in [0.29, 0.717) is 12.3 Å². The summed E-state index contributed by atoms with van der Waals surface area (Å²) in [5, 5.41) is 10.8. The zero-order valence-corrected chi connectivity index (χ0v) is 22.1. The molecule has 3 aliphatic rings. The Morgan fingerprint density at radius 1 is 1.05 bits per heavy atom. The minimum Gasteiger partial charge on any atom is -0.508 e. The third-order valence-corrected chi connectivity index (χ3v) is 8.53. The molecule has 1 amide bonds. The predicted octanol–water partition coefficient (Wildman–Crippen LogP) is 7.28. The number of carbonyl (C=O) groups is 1. The van der Waals surface area contributed by atoms with Crippen LogP contribution in [0.2, 0.25) is 0 Å². The number of phenolic OH excluding ortho intramolecular Hbond substituents is 1. The summed E-state index contributed by atoms with van der Waals surface area (Å²) in [6.07, 6.45) is 10.5. The zero-order valence-electron chi connectivity index (χ0n) is 22.1. The summed E-state index contributed by atoms with van der Waals surface area (Å²) in [7, 11) is 0. The van der Waals surface area contributed by atoms with E-state index in [1.165, 1.54) is 47.9 Å². The summed E-state index contributed by atoms with van der Waals surface area (Å²) in [5.41, 5.74) is 6.65. The molecule has 2 N–H and O–H groups in total. The molecule has 2 heterocycles. The number of H-pyrrole nitrogens is 1. The predicted molar refractivity (Wildman–Crippen MR) is 145 cm³/mol. The Morgan fingerprint density at radius 2 is 1.78 bits per heavy atom. The molecule has 0 bridgehead atoms. The van der Waals surface area contributed by atoms with Crippen molar-refractivity contribution in [3.05, 3.63) is 59.5 Å². The summed E-state index contributed by atoms with van der Waals surface area (Å²) in [6.45, 7) is 6.36. The van der Waals surface area contributed by atoms with E-state index < -0.39 is 5.60 Å². The van der Waals surface area contributed by atoms with Gasteiger partial charge in [0.2, 0.25) is 0 Å². The maximum Gasteiger partial charge on any atom is 0.410 e. The molecule has 37 heavy (non-hydrogen) atoms. The molecule has 194 valence electrons. The minimum absolute atomic E-state index is 0.0923. The summed E-state index contributed by atoms with van der Waals surface area (Å²) >= 11 is 0. The van der Waals surface area contributed by atoms with Gasteiger partial charge in [0.15, 0.2) is 0 Å². The number of imidazole rings is 1. The van der Waals surface area contributed by atoms with Crippen LogP contribution in [-0.4, -0.2) is 38.2 Å². The van der Waals surface area contributed by atoms with Crippen LogP contribution in [0.1, 0.15) is 88.7 Å². The van der Waals surface area contributed by atoms with Crippen molar-refractivity contribution in [2.24, 2.45) is 0 Å². The lowest BCUT2D eigenvalue weighted by atomic mass is 9.79. The van der Waals surface area contributed by atoms with Crippen LogP contribution in [0.25, 0.3) is 22.4 Å². The summed E-state index contributed by atoms with van der Waals surface area (Å²) in [5.74, 6) is 1.28. The number of hydrogen-bond acceptors (Lipinski definition) is 4. The molecule has 1 saturated heterocycles. The molecule has 2 aromatic carbocycles. The van der Waals surface area contributed by atoms with Crippen LogP contribution in [0.15, 0.2) is 42.6 Å². The minimum atomic E-state index is -0.518. The van der Waals surface area contributed by atoms with Crippen LogP contribution in [0, 0.1) is 0 Å². The number of amides is 1. The number of hydrogen-bond donors (Lipinski definition) is 2. The van der Waals surface area contributed by atoms with Crippen molar-refractivity contribution in [2.45, 2.75) is 89.2 Å². The number of phenols is 1. The molecule has 3 aromatic rings. The van der Waals surface area contributed by atoms with Crippen molar-refractivity contribution in [3.8, 4) is 28.1 Å². The summed E-state index contributed by atoms with van der Waals surface area (Å²) < 4.78 is 5.62. The van der Waals surface area contributed by atoms with Gasteiger partial charge in [-0.15, -0.1) is 0 Å². The quantitative estimate of drug-likeness (QED) is 0.397. The van der Waals surface area contributed by atoms with Gasteiger partial charge in [-0.3, -0.25) is 4.90 Å². The number of rotatable bonds is 3. The van der Waals surface area contributed by atoms with Crippen molar-refractivity contribution in [3.63, 3.8) is 0 Å². The van der Waals surface area contributed by atoms with Gasteiger partial charge in [0.05, 0.1) is 17.9 Å². The Morgan fingerprint density at radius 3 is 2.51 bits per heavy atom. The Hall–Kier alpha value is -3.28. The van der Waals surface area contributed by atoms with Gasteiger partial charge in [0.1, 0.15) is 17.2 Å². The summed E-state index contributed by atoms with van der Waals surface area (Å²) in [6, 6.07) is 12.5. The average Bonchev–Trinajstić information content (AvgIpc) is 3.66. The second-order valence-corrected chi connectivity index (χ2v) is 12.1. The van der Waals surface area contributed by atoms with Crippen molar-refractivity contribution in [2.75, 3.05) is 6.54 Å². The molecule has 6 nitrogen and oxygen atoms in total. The number of fused-ring (bicyclic) bond motifs is 2. The highest BCUT2D eigenvalue weighted by Gasteiger charge is 2.43. The van der Waals surface area contributed by atoms with E-state index >= 15 is 0 Å². The maximum absolute atomic E-state index is 12.7. The first-order chi connectivity index (χ1) is 17.7. The normalized spacial score (nSPS) is 20.5. The first kappa shape index (κ1) is 24.1. The number of benzene rings is 2. The molecule has 1 atom stereocenters. The lowest BCUT2D eigenvalue weighted by molar-refractivity contribution is 0.0218. The van der Waals surface area contributed by atoms with Crippen LogP contribution in [0.5, 0.6) is 5.75 Å². The first-order valence-corrected chi connectivity index (χ1v) is 13.7. The second kappa shape index (κ2) is 8.93. The van der Waals surface area contributed by atoms with Crippen molar-refractivity contribution in [1.29, 1.82) is 0 Å². The third-order valence-electron chi connectivity index (χ3n) is 8.53. The SMILES string of the molecule is CC(C)(C)OC(=O)N1CCC[C@H]1c1ncc(-c2ccc(-c3ccc(O)c4c3CCC43CCCC3)cc2)[nH]1. The molecular formula is C31H37N3O3. The molecule has 1 aromatic heterocycles. The number of carbonyl (C=O) groups excluding carboxylic acids is 1. The number of nitrogens with zero attached hydrogens (tertiary/aromatic N) is 2. The molecule has 1 aliphatic heterocycles. The molecule has 0 unspecified atom stereocenters. The van der Waals surface area contributed by atoms with Gasteiger partial charge in [0, 0.05) is 12.1 Å². The van der Waals surface area contributed by atoms with E-state index in [0.717, 1.165) is 42.8 Å². The van der Waals surface area contributed by atoms with E-state index in [1.807, 2.05) is 33.0 Å². The van der Waals surface area contributed by atoms with Crippen LogP contribution in [0.4, 0.5) is 4.79 Å². The van der Waals surface area contributed by atoms with Gasteiger partial charge in [-0.1, -0.05) is 43.2 Å². The Bertz CT molecular complexity index is 1310. The molecule has 2 aliphatic carbocycles. The number of nitrogens with one attached hydrogen (secondary N) is 1. The second-order valence-electron chi connectivity index (χ2n) is 12.1. The largest absolute Gasteiger partial charge is 0.508 e. The maximum atomic E-state index is 12.7. The monoisotopic (exact) mass is 499 g/mol. The molecule has 2 fully saturated rings. The van der Waals surface area contributed by atoms with Crippen LogP contribution in [0.3, 0.4) is 0 Å². The topological polar surface area (TPSA) is 78.4 Å². The Labute approximate surface area is 219 Å². The number of aromatic nitrogens is 2. The van der Waals surface area contributed by atoms with Gasteiger partial charge in [0.25, 0.3) is 0 Å². The Kier molecular flexibility index (Phi) is 5.81. The van der Waals surface area contributed by atoms with E-state index in [-0.39, 0.29) is 17.6 Å². The smallest absolute Gasteiger partial charge is 0.410 e. The molecule has 6 rings (SSSR count). The van der Waals surface area contributed by atoms with Crippen molar-refractivity contribution in [1.82, 2.24) is 14.9 Å². The number of aromatic amines is 1. The number of ether oxygens (including phenoxy) is 1. The third kappa shape index (κ3) is 4.30. The lowest BCUT2D eigenvalue weighted by Gasteiger charge is -2.27.